The molecule has 0 saturated carbocycles. The van der Waals surface area contributed by atoms with Crippen molar-refractivity contribution in [2.24, 2.45) is 0 Å². The number of nitrogens with zero attached hydrogens (tertiary/aromatic N) is 2. The first kappa shape index (κ1) is 18.4. The van der Waals surface area contributed by atoms with Gasteiger partial charge >= 0.3 is 6.03 Å². The van der Waals surface area contributed by atoms with E-state index in [0.29, 0.717) is 17.8 Å². The molecule has 1 aliphatic rings. The number of thiazole rings is 1. The maximum absolute atomic E-state index is 12.6. The molecule has 2 heterocycles. The van der Waals surface area contributed by atoms with Crippen LogP contribution < -0.4 is 10.6 Å². The molecule has 0 aliphatic carbocycles. The zero-order valence-electron chi connectivity index (χ0n) is 15.2. The first-order valence-corrected chi connectivity index (χ1v) is 9.71. The van der Waals surface area contributed by atoms with Crippen molar-refractivity contribution in [1.82, 2.24) is 15.2 Å². The summed E-state index contributed by atoms with van der Waals surface area (Å²) in [5, 5.41) is 6.63. The number of amides is 3. The van der Waals surface area contributed by atoms with Gasteiger partial charge in [-0.05, 0) is 51.3 Å². The SMILES string of the molecule is Cc1nc(C)c(CNC(=O)Nc2cccc(C(=O)N3CCCCC3)c2)s1. The van der Waals surface area contributed by atoms with Crippen LogP contribution in [0.4, 0.5) is 10.5 Å². The normalized spacial score (nSPS) is 14.2. The highest BCUT2D eigenvalue weighted by Gasteiger charge is 2.18. The van der Waals surface area contributed by atoms with Crippen molar-refractivity contribution in [3.63, 3.8) is 0 Å². The number of aryl methyl sites for hydroxylation is 2. The van der Waals surface area contributed by atoms with Crippen molar-refractivity contribution in [1.29, 1.82) is 0 Å². The van der Waals surface area contributed by atoms with E-state index in [0.717, 1.165) is 41.5 Å². The van der Waals surface area contributed by atoms with E-state index in [2.05, 4.69) is 15.6 Å². The number of benzene rings is 1. The van der Waals surface area contributed by atoms with Crippen LogP contribution in [-0.4, -0.2) is 34.9 Å². The number of urea groups is 1. The molecule has 0 atom stereocenters. The van der Waals surface area contributed by atoms with Crippen molar-refractivity contribution in [3.05, 3.63) is 45.4 Å². The van der Waals surface area contributed by atoms with Gasteiger partial charge in [-0.1, -0.05) is 6.07 Å². The minimum Gasteiger partial charge on any atom is -0.339 e. The van der Waals surface area contributed by atoms with Crippen molar-refractivity contribution in [3.8, 4) is 0 Å². The second-order valence-electron chi connectivity index (χ2n) is 6.48. The van der Waals surface area contributed by atoms with Gasteiger partial charge in [0.2, 0.25) is 0 Å². The first-order valence-electron chi connectivity index (χ1n) is 8.90. The van der Waals surface area contributed by atoms with E-state index < -0.39 is 0 Å². The lowest BCUT2D eigenvalue weighted by atomic mass is 10.1. The zero-order valence-corrected chi connectivity index (χ0v) is 16.0. The highest BCUT2D eigenvalue weighted by Crippen LogP contribution is 2.18. The highest BCUT2D eigenvalue weighted by molar-refractivity contribution is 7.11. The molecule has 26 heavy (non-hydrogen) atoms. The Morgan fingerprint density at radius 2 is 1.96 bits per heavy atom. The van der Waals surface area contributed by atoms with E-state index >= 15 is 0 Å². The lowest BCUT2D eigenvalue weighted by molar-refractivity contribution is 0.0724. The number of hydrogen-bond donors (Lipinski definition) is 2. The van der Waals surface area contributed by atoms with Crippen LogP contribution in [0.3, 0.4) is 0 Å². The van der Waals surface area contributed by atoms with E-state index in [9.17, 15) is 9.59 Å². The molecule has 2 N–H and O–H groups in total. The summed E-state index contributed by atoms with van der Waals surface area (Å²) < 4.78 is 0. The van der Waals surface area contributed by atoms with Crippen LogP contribution in [0.25, 0.3) is 0 Å². The average molecular weight is 372 g/mol. The van der Waals surface area contributed by atoms with Crippen LogP contribution in [0.1, 0.15) is 45.2 Å². The van der Waals surface area contributed by atoms with Gasteiger partial charge in [-0.2, -0.15) is 0 Å². The Labute approximate surface area is 157 Å². The average Bonchev–Trinajstić information content (AvgIpc) is 2.97. The van der Waals surface area contributed by atoms with Gasteiger partial charge in [0, 0.05) is 29.2 Å². The molecule has 3 rings (SSSR count). The molecule has 1 saturated heterocycles. The Morgan fingerprint density at radius 1 is 1.19 bits per heavy atom. The third-order valence-electron chi connectivity index (χ3n) is 4.42. The standard InChI is InChI=1S/C19H24N4O2S/c1-13-17(26-14(2)21-13)12-20-19(25)22-16-8-6-7-15(11-16)18(24)23-9-4-3-5-10-23/h6-8,11H,3-5,9-10,12H2,1-2H3,(H2,20,22,25). The molecule has 138 valence electrons. The monoisotopic (exact) mass is 372 g/mol. The number of aromatic nitrogens is 1. The molecule has 0 spiro atoms. The third kappa shape index (κ3) is 4.60. The second-order valence-corrected chi connectivity index (χ2v) is 7.77. The Bertz CT molecular complexity index is 797. The second kappa shape index (κ2) is 8.31. The van der Waals surface area contributed by atoms with E-state index in [1.807, 2.05) is 18.7 Å². The summed E-state index contributed by atoms with van der Waals surface area (Å²) in [4.78, 5) is 32.0. The molecule has 0 unspecified atom stereocenters. The molecule has 1 aromatic heterocycles. The number of hydrogen-bond acceptors (Lipinski definition) is 4. The van der Waals surface area contributed by atoms with E-state index in [1.165, 1.54) is 6.42 Å². The molecule has 2 aromatic rings. The van der Waals surface area contributed by atoms with E-state index in [-0.39, 0.29) is 11.9 Å². The van der Waals surface area contributed by atoms with Gasteiger partial charge in [-0.25, -0.2) is 9.78 Å². The van der Waals surface area contributed by atoms with Crippen molar-refractivity contribution in [2.45, 2.75) is 39.7 Å². The molecule has 1 aliphatic heterocycles. The third-order valence-corrected chi connectivity index (χ3v) is 5.49. The molecule has 1 fully saturated rings. The fourth-order valence-corrected chi connectivity index (χ4v) is 3.96. The lowest BCUT2D eigenvalue weighted by Gasteiger charge is -2.26. The summed E-state index contributed by atoms with van der Waals surface area (Å²) >= 11 is 1.58. The van der Waals surface area contributed by atoms with Gasteiger partial charge in [-0.3, -0.25) is 4.79 Å². The number of likely N-dealkylation sites (tertiary alicyclic amines) is 1. The Kier molecular flexibility index (Phi) is 5.88. The topological polar surface area (TPSA) is 74.3 Å². The Hall–Kier alpha value is -2.41. The number of carbonyl (C=O) groups is 2. The van der Waals surface area contributed by atoms with Crippen LogP contribution in [0.5, 0.6) is 0 Å². The van der Waals surface area contributed by atoms with Crippen molar-refractivity contribution >= 4 is 29.0 Å². The predicted molar refractivity (Wildman–Crippen MR) is 104 cm³/mol. The van der Waals surface area contributed by atoms with Gasteiger partial charge in [-0.15, -0.1) is 11.3 Å². The molecule has 0 radical (unpaired) electrons. The largest absolute Gasteiger partial charge is 0.339 e. The minimum absolute atomic E-state index is 0.0320. The summed E-state index contributed by atoms with van der Waals surface area (Å²) in [5.74, 6) is 0.0320. The maximum atomic E-state index is 12.6. The van der Waals surface area contributed by atoms with Crippen LogP contribution >= 0.6 is 11.3 Å². The van der Waals surface area contributed by atoms with Crippen LogP contribution in [0.15, 0.2) is 24.3 Å². The molecular formula is C19H24N4O2S. The van der Waals surface area contributed by atoms with Gasteiger partial charge in [0.05, 0.1) is 17.2 Å². The Morgan fingerprint density at radius 3 is 2.65 bits per heavy atom. The van der Waals surface area contributed by atoms with Gasteiger partial charge in [0.25, 0.3) is 5.91 Å². The number of nitrogens with one attached hydrogen (secondary N) is 2. The Balaban J connectivity index is 1.58. The smallest absolute Gasteiger partial charge is 0.319 e. The number of piperidine rings is 1. The number of carbonyl (C=O) groups excluding carboxylic acids is 2. The van der Waals surface area contributed by atoms with Crippen LogP contribution in [0, 0.1) is 13.8 Å². The fraction of sp³-hybridized carbons (Fsp3) is 0.421. The minimum atomic E-state index is -0.293. The molecule has 6 nitrogen and oxygen atoms in total. The predicted octanol–water partition coefficient (Wildman–Crippen LogP) is 3.71. The van der Waals surface area contributed by atoms with Crippen LogP contribution in [-0.2, 0) is 6.54 Å². The molecule has 3 amide bonds. The van der Waals surface area contributed by atoms with Gasteiger partial charge in [0.1, 0.15) is 0 Å². The van der Waals surface area contributed by atoms with E-state index in [1.54, 1.807) is 35.6 Å². The van der Waals surface area contributed by atoms with Crippen molar-refractivity contribution < 1.29 is 9.59 Å². The lowest BCUT2D eigenvalue weighted by Crippen LogP contribution is -2.35. The molecule has 0 bridgehead atoms. The zero-order chi connectivity index (χ0) is 18.5. The maximum Gasteiger partial charge on any atom is 0.319 e. The van der Waals surface area contributed by atoms with Crippen LogP contribution in [0.2, 0.25) is 0 Å². The number of anilines is 1. The highest BCUT2D eigenvalue weighted by atomic mass is 32.1. The summed E-state index contributed by atoms with van der Waals surface area (Å²) in [7, 11) is 0. The first-order chi connectivity index (χ1) is 12.5. The summed E-state index contributed by atoms with van der Waals surface area (Å²) in [6, 6.07) is 6.82. The van der Waals surface area contributed by atoms with Gasteiger partial charge in [0.15, 0.2) is 0 Å². The quantitative estimate of drug-likeness (QED) is 0.859. The number of rotatable bonds is 4. The van der Waals surface area contributed by atoms with E-state index in [4.69, 9.17) is 0 Å². The summed E-state index contributed by atoms with van der Waals surface area (Å²) in [6.45, 7) is 5.95. The molecule has 7 heteroatoms. The fourth-order valence-electron chi connectivity index (χ4n) is 3.08. The molecule has 1 aromatic carbocycles. The van der Waals surface area contributed by atoms with Gasteiger partial charge < -0.3 is 15.5 Å². The van der Waals surface area contributed by atoms with Crippen molar-refractivity contribution in [2.75, 3.05) is 18.4 Å². The summed E-state index contributed by atoms with van der Waals surface area (Å²) in [6.07, 6.45) is 3.30. The summed E-state index contributed by atoms with van der Waals surface area (Å²) in [5.41, 5.74) is 2.17. The molecular weight excluding hydrogens is 348 g/mol.